The van der Waals surface area contributed by atoms with Crippen LogP contribution in [-0.4, -0.2) is 35.3 Å². The third-order valence-electron chi connectivity index (χ3n) is 3.05. The summed E-state index contributed by atoms with van der Waals surface area (Å²) < 4.78 is 0. The first kappa shape index (κ1) is 12.7. The summed E-state index contributed by atoms with van der Waals surface area (Å²) in [6.07, 6.45) is 4.85. The minimum Gasteiger partial charge on any atom is -0.342 e. The second-order valence-electron chi connectivity index (χ2n) is 4.30. The van der Waals surface area contributed by atoms with Crippen molar-refractivity contribution in [1.29, 1.82) is 0 Å². The quantitative estimate of drug-likeness (QED) is 0.729. The van der Waals surface area contributed by atoms with Crippen LogP contribution in [0.1, 0.15) is 33.6 Å². The molecular formula is C12H20N2O2. The van der Waals surface area contributed by atoms with E-state index in [1.165, 1.54) is 0 Å². The first-order chi connectivity index (χ1) is 7.53. The maximum atomic E-state index is 12.2. The zero-order chi connectivity index (χ0) is 12.2. The fourth-order valence-corrected chi connectivity index (χ4v) is 1.76. The van der Waals surface area contributed by atoms with Gasteiger partial charge in [0.25, 0.3) is 0 Å². The smallest absolute Gasteiger partial charge is 0.248 e. The summed E-state index contributed by atoms with van der Waals surface area (Å²) in [6.45, 7) is 6.72. The second kappa shape index (κ2) is 5.14. The van der Waals surface area contributed by atoms with E-state index in [-0.39, 0.29) is 11.8 Å². The Bertz CT molecular complexity index is 312. The molecule has 1 aliphatic rings. The predicted octanol–water partition coefficient (Wildman–Crippen LogP) is 1.08. The first-order valence-corrected chi connectivity index (χ1v) is 5.75. The molecule has 1 atom stereocenters. The molecule has 1 N–H and O–H groups in total. The normalized spacial score (nSPS) is 27.1. The van der Waals surface area contributed by atoms with E-state index in [0.717, 1.165) is 0 Å². The summed E-state index contributed by atoms with van der Waals surface area (Å²) in [5, 5.41) is 2.81. The predicted molar refractivity (Wildman–Crippen MR) is 62.8 cm³/mol. The minimum atomic E-state index is -0.741. The molecule has 0 bridgehead atoms. The molecule has 4 nitrogen and oxygen atoms in total. The Balaban J connectivity index is 2.87. The SMILES string of the molecule is C/C=C/CN1CCC(=O)NC(C)(CC)C1=O. The lowest BCUT2D eigenvalue weighted by molar-refractivity contribution is -0.137. The summed E-state index contributed by atoms with van der Waals surface area (Å²) in [4.78, 5) is 25.5. The van der Waals surface area contributed by atoms with Gasteiger partial charge in [0, 0.05) is 19.5 Å². The van der Waals surface area contributed by atoms with Crippen LogP contribution < -0.4 is 5.32 Å². The van der Waals surface area contributed by atoms with E-state index in [0.29, 0.717) is 25.9 Å². The third-order valence-corrected chi connectivity index (χ3v) is 3.05. The molecule has 0 saturated carbocycles. The van der Waals surface area contributed by atoms with Gasteiger partial charge in [-0.25, -0.2) is 0 Å². The number of allylic oxidation sites excluding steroid dienone is 1. The van der Waals surface area contributed by atoms with Crippen molar-refractivity contribution < 1.29 is 9.59 Å². The lowest BCUT2D eigenvalue weighted by atomic mass is 9.97. The molecule has 4 heteroatoms. The lowest BCUT2D eigenvalue weighted by Crippen LogP contribution is -2.54. The van der Waals surface area contributed by atoms with Crippen LogP contribution in [0.2, 0.25) is 0 Å². The Kier molecular flexibility index (Phi) is 4.10. The summed E-state index contributed by atoms with van der Waals surface area (Å²) >= 11 is 0. The fraction of sp³-hybridized carbons (Fsp3) is 0.667. The van der Waals surface area contributed by atoms with Crippen molar-refractivity contribution >= 4 is 11.8 Å². The van der Waals surface area contributed by atoms with Crippen LogP contribution in [0, 0.1) is 0 Å². The van der Waals surface area contributed by atoms with Crippen molar-refractivity contribution in [3.63, 3.8) is 0 Å². The molecule has 0 aliphatic carbocycles. The van der Waals surface area contributed by atoms with Gasteiger partial charge < -0.3 is 10.2 Å². The van der Waals surface area contributed by atoms with Crippen LogP contribution in [0.15, 0.2) is 12.2 Å². The van der Waals surface area contributed by atoms with Crippen molar-refractivity contribution in [2.75, 3.05) is 13.1 Å². The lowest BCUT2D eigenvalue weighted by Gasteiger charge is -2.30. The third kappa shape index (κ3) is 2.62. The van der Waals surface area contributed by atoms with Gasteiger partial charge in [0.05, 0.1) is 0 Å². The summed E-state index contributed by atoms with van der Waals surface area (Å²) in [7, 11) is 0. The van der Waals surface area contributed by atoms with E-state index >= 15 is 0 Å². The molecule has 0 aromatic rings. The van der Waals surface area contributed by atoms with E-state index in [4.69, 9.17) is 0 Å². The van der Waals surface area contributed by atoms with Crippen molar-refractivity contribution in [2.24, 2.45) is 0 Å². The maximum absolute atomic E-state index is 12.2. The largest absolute Gasteiger partial charge is 0.342 e. The van der Waals surface area contributed by atoms with Crippen LogP contribution >= 0.6 is 0 Å². The zero-order valence-electron chi connectivity index (χ0n) is 10.2. The van der Waals surface area contributed by atoms with Gasteiger partial charge in [0.15, 0.2) is 0 Å². The van der Waals surface area contributed by atoms with Crippen LogP contribution in [0.4, 0.5) is 0 Å². The number of rotatable bonds is 3. The van der Waals surface area contributed by atoms with Crippen molar-refractivity contribution in [1.82, 2.24) is 10.2 Å². The molecule has 1 aliphatic heterocycles. The Morgan fingerprint density at radius 1 is 1.50 bits per heavy atom. The average Bonchev–Trinajstić information content (AvgIpc) is 2.37. The molecule has 1 unspecified atom stereocenters. The summed E-state index contributed by atoms with van der Waals surface area (Å²) in [5.41, 5.74) is -0.741. The Hall–Kier alpha value is -1.32. The average molecular weight is 224 g/mol. The molecule has 1 heterocycles. The van der Waals surface area contributed by atoms with E-state index in [1.54, 1.807) is 11.8 Å². The number of hydrogen-bond donors (Lipinski definition) is 1. The first-order valence-electron chi connectivity index (χ1n) is 5.75. The van der Waals surface area contributed by atoms with E-state index in [9.17, 15) is 9.59 Å². The highest BCUT2D eigenvalue weighted by Gasteiger charge is 2.38. The molecule has 90 valence electrons. The van der Waals surface area contributed by atoms with Gasteiger partial charge in [-0.2, -0.15) is 0 Å². The topological polar surface area (TPSA) is 49.4 Å². The monoisotopic (exact) mass is 224 g/mol. The van der Waals surface area contributed by atoms with Gasteiger partial charge in [0.1, 0.15) is 5.54 Å². The van der Waals surface area contributed by atoms with Crippen LogP contribution in [-0.2, 0) is 9.59 Å². The van der Waals surface area contributed by atoms with Gasteiger partial charge in [-0.05, 0) is 20.3 Å². The molecule has 1 rings (SSSR count). The summed E-state index contributed by atoms with van der Waals surface area (Å²) in [6, 6.07) is 0. The molecular weight excluding hydrogens is 204 g/mol. The van der Waals surface area contributed by atoms with Crippen molar-refractivity contribution in [3.05, 3.63) is 12.2 Å². The van der Waals surface area contributed by atoms with Crippen LogP contribution in [0.25, 0.3) is 0 Å². The van der Waals surface area contributed by atoms with Gasteiger partial charge >= 0.3 is 0 Å². The van der Waals surface area contributed by atoms with E-state index in [1.807, 2.05) is 26.0 Å². The molecule has 2 amide bonds. The van der Waals surface area contributed by atoms with Crippen molar-refractivity contribution in [3.8, 4) is 0 Å². The van der Waals surface area contributed by atoms with Gasteiger partial charge in [0.2, 0.25) is 11.8 Å². The number of hydrogen-bond acceptors (Lipinski definition) is 2. The molecule has 0 radical (unpaired) electrons. The summed E-state index contributed by atoms with van der Waals surface area (Å²) in [5.74, 6) is -0.0281. The highest BCUT2D eigenvalue weighted by Crippen LogP contribution is 2.17. The number of nitrogens with one attached hydrogen (secondary N) is 1. The maximum Gasteiger partial charge on any atom is 0.248 e. The van der Waals surface area contributed by atoms with Crippen molar-refractivity contribution in [2.45, 2.75) is 39.2 Å². The number of carbonyl (C=O) groups is 2. The highest BCUT2D eigenvalue weighted by atomic mass is 16.2. The van der Waals surface area contributed by atoms with Gasteiger partial charge in [-0.3, -0.25) is 9.59 Å². The number of amides is 2. The zero-order valence-corrected chi connectivity index (χ0v) is 10.2. The molecule has 1 fully saturated rings. The number of nitrogens with zero attached hydrogens (tertiary/aromatic N) is 1. The Morgan fingerprint density at radius 2 is 2.19 bits per heavy atom. The Labute approximate surface area is 96.7 Å². The highest BCUT2D eigenvalue weighted by molar-refractivity contribution is 5.93. The molecule has 16 heavy (non-hydrogen) atoms. The Morgan fingerprint density at radius 3 is 2.75 bits per heavy atom. The van der Waals surface area contributed by atoms with E-state index in [2.05, 4.69) is 5.32 Å². The molecule has 0 aromatic heterocycles. The molecule has 0 spiro atoms. The number of carbonyl (C=O) groups excluding carboxylic acids is 2. The molecule has 1 saturated heterocycles. The minimum absolute atomic E-state index is 0.0129. The van der Waals surface area contributed by atoms with E-state index < -0.39 is 5.54 Å². The van der Waals surface area contributed by atoms with Crippen LogP contribution in [0.5, 0.6) is 0 Å². The van der Waals surface area contributed by atoms with Gasteiger partial charge in [-0.1, -0.05) is 19.1 Å². The molecule has 0 aromatic carbocycles. The second-order valence-corrected chi connectivity index (χ2v) is 4.30. The standard InChI is InChI=1S/C12H20N2O2/c1-4-6-8-14-9-7-10(15)13-12(3,5-2)11(14)16/h4,6H,5,7-9H2,1-3H3,(H,13,15)/b6-4+. The van der Waals surface area contributed by atoms with Gasteiger partial charge in [-0.15, -0.1) is 0 Å². The fourth-order valence-electron chi connectivity index (χ4n) is 1.76. The van der Waals surface area contributed by atoms with Crippen LogP contribution in [0.3, 0.4) is 0 Å².